The summed E-state index contributed by atoms with van der Waals surface area (Å²) < 4.78 is 16.1. The number of hydrogen-bond donors (Lipinski definition) is 3. The van der Waals surface area contributed by atoms with Crippen LogP contribution in [0.1, 0.15) is 66.9 Å². The van der Waals surface area contributed by atoms with Crippen molar-refractivity contribution in [2.24, 2.45) is 0 Å². The monoisotopic (exact) mass is 541 g/mol. The number of carbonyl (C=O) groups excluding carboxylic acids is 1. The van der Waals surface area contributed by atoms with E-state index in [4.69, 9.17) is 0 Å². The number of fused-ring (bicyclic) bond motifs is 1. The number of nitriles is 1. The molecule has 1 atom stereocenters. The van der Waals surface area contributed by atoms with Crippen molar-refractivity contribution in [3.05, 3.63) is 77.9 Å². The zero-order chi connectivity index (χ0) is 28.3. The molecule has 4 aromatic heterocycles. The first kappa shape index (κ1) is 27.2. The van der Waals surface area contributed by atoms with Crippen molar-refractivity contribution in [2.75, 3.05) is 11.9 Å². The quantitative estimate of drug-likeness (QED) is 0.296. The smallest absolute Gasteiger partial charge is 0.255 e. The number of anilines is 1. The summed E-state index contributed by atoms with van der Waals surface area (Å²) in [6.45, 7) is 2.41. The minimum absolute atomic E-state index is 0.139. The highest BCUT2D eigenvalue weighted by molar-refractivity contribution is 6.00. The van der Waals surface area contributed by atoms with Gasteiger partial charge in [0.2, 0.25) is 0 Å². The molecule has 0 aliphatic heterocycles. The molecule has 0 spiro atoms. The lowest BCUT2D eigenvalue weighted by atomic mass is 9.82. The number of pyridine rings is 2. The average molecular weight is 542 g/mol. The number of hydrogen-bond acceptors (Lipinski definition) is 7. The Morgan fingerprint density at radius 3 is 2.70 bits per heavy atom. The van der Waals surface area contributed by atoms with Gasteiger partial charge in [0.25, 0.3) is 5.91 Å². The van der Waals surface area contributed by atoms with Gasteiger partial charge in [0.15, 0.2) is 0 Å². The van der Waals surface area contributed by atoms with E-state index >= 15 is 0 Å². The van der Waals surface area contributed by atoms with Crippen LogP contribution in [-0.4, -0.2) is 55.0 Å². The number of carbonyl (C=O) groups is 1. The molecule has 9 nitrogen and oxygen atoms in total. The zero-order valence-electron chi connectivity index (χ0n) is 22.5. The second-order valence-corrected chi connectivity index (χ2v) is 10.8. The number of rotatable bonds is 8. The third kappa shape index (κ3) is 5.95. The first-order valence-corrected chi connectivity index (χ1v) is 13.4. The van der Waals surface area contributed by atoms with Gasteiger partial charge in [-0.2, -0.15) is 10.4 Å². The Kier molecular flexibility index (Phi) is 7.76. The van der Waals surface area contributed by atoms with Gasteiger partial charge in [0, 0.05) is 24.6 Å². The summed E-state index contributed by atoms with van der Waals surface area (Å²) in [7, 11) is 0. The van der Waals surface area contributed by atoms with Gasteiger partial charge in [-0.15, -0.1) is 0 Å². The Hall–Kier alpha value is -4.36. The Labute approximate surface area is 232 Å². The zero-order valence-corrected chi connectivity index (χ0v) is 22.5. The van der Waals surface area contributed by atoms with Gasteiger partial charge in [-0.25, -0.2) is 8.91 Å². The number of halogens is 1. The van der Waals surface area contributed by atoms with E-state index in [1.165, 1.54) is 31.8 Å². The summed E-state index contributed by atoms with van der Waals surface area (Å²) in [5.41, 5.74) is 3.07. The Balaban J connectivity index is 1.40. The molecule has 40 heavy (non-hydrogen) atoms. The second-order valence-electron chi connectivity index (χ2n) is 10.8. The third-order valence-electron chi connectivity index (χ3n) is 7.49. The van der Waals surface area contributed by atoms with Crippen molar-refractivity contribution in [1.82, 2.24) is 24.9 Å². The lowest BCUT2D eigenvalue weighted by molar-refractivity contribution is -0.00177. The molecule has 4 heterocycles. The van der Waals surface area contributed by atoms with E-state index in [2.05, 4.69) is 37.8 Å². The van der Waals surface area contributed by atoms with Gasteiger partial charge < -0.3 is 15.7 Å². The minimum Gasteiger partial charge on any atom is -0.387 e. The van der Waals surface area contributed by atoms with Crippen LogP contribution in [0.5, 0.6) is 0 Å². The van der Waals surface area contributed by atoms with E-state index in [0.29, 0.717) is 34.1 Å². The highest BCUT2D eigenvalue weighted by atomic mass is 19.1. The number of aliphatic hydroxyl groups is 1. The number of aromatic nitrogens is 4. The van der Waals surface area contributed by atoms with Gasteiger partial charge in [-0.05, 0) is 81.3 Å². The molecule has 1 aliphatic rings. The summed E-state index contributed by atoms with van der Waals surface area (Å²) >= 11 is 0. The molecule has 3 N–H and O–H groups in total. The second kappa shape index (κ2) is 11.4. The largest absolute Gasteiger partial charge is 0.387 e. The molecule has 1 aliphatic carbocycles. The van der Waals surface area contributed by atoms with Crippen LogP contribution in [-0.2, 0) is 0 Å². The molecule has 5 rings (SSSR count). The van der Waals surface area contributed by atoms with Gasteiger partial charge in [0.1, 0.15) is 12.2 Å². The molecule has 0 bridgehead atoms. The third-order valence-corrected chi connectivity index (χ3v) is 7.49. The normalized spacial score (nSPS) is 18.2. The molecule has 1 amide bonds. The highest BCUT2D eigenvalue weighted by Gasteiger charge is 2.28. The van der Waals surface area contributed by atoms with E-state index in [-0.39, 0.29) is 12.6 Å². The number of nitrogens with zero attached hydrogens (tertiary/aromatic N) is 5. The molecule has 1 saturated carbocycles. The fourth-order valence-electron chi connectivity index (χ4n) is 5.09. The van der Waals surface area contributed by atoms with Crippen LogP contribution in [0.2, 0.25) is 0 Å². The fourth-order valence-corrected chi connectivity index (χ4v) is 5.09. The molecule has 10 heteroatoms. The summed E-state index contributed by atoms with van der Waals surface area (Å²) in [5, 5.41) is 29.7. The maximum absolute atomic E-state index is 14.4. The van der Waals surface area contributed by atoms with Crippen LogP contribution in [0.4, 0.5) is 10.1 Å². The molecular weight excluding hydrogens is 509 g/mol. The SMILES string of the molecule is CC(C)(O)[C@H](F)CNC(=O)c1cnc(-c2ccc3cc(C#N)cnn23)cc1N[C@H]1CC[C@H](c2cccnc2)CC1. The lowest BCUT2D eigenvalue weighted by Crippen LogP contribution is -2.42. The van der Waals surface area contributed by atoms with Crippen LogP contribution >= 0.6 is 0 Å². The van der Waals surface area contributed by atoms with Crippen LogP contribution in [0, 0.1) is 11.3 Å². The predicted octanol–water partition coefficient (Wildman–Crippen LogP) is 4.64. The predicted molar refractivity (Wildman–Crippen MR) is 150 cm³/mol. The number of amides is 1. The number of nitrogens with one attached hydrogen (secondary N) is 2. The van der Waals surface area contributed by atoms with Crippen molar-refractivity contribution in [3.8, 4) is 17.5 Å². The first-order chi connectivity index (χ1) is 19.2. The Morgan fingerprint density at radius 1 is 1.20 bits per heavy atom. The van der Waals surface area contributed by atoms with Crippen molar-refractivity contribution in [2.45, 2.75) is 63.3 Å². The van der Waals surface area contributed by atoms with Crippen molar-refractivity contribution in [3.63, 3.8) is 0 Å². The molecule has 4 aromatic rings. The van der Waals surface area contributed by atoms with Crippen molar-refractivity contribution < 1.29 is 14.3 Å². The van der Waals surface area contributed by atoms with E-state index in [0.717, 1.165) is 31.2 Å². The van der Waals surface area contributed by atoms with E-state index in [1.807, 2.05) is 30.5 Å². The molecule has 0 radical (unpaired) electrons. The maximum atomic E-state index is 14.4. The fraction of sp³-hybridized carbons (Fsp3) is 0.367. The molecule has 206 valence electrons. The summed E-state index contributed by atoms with van der Waals surface area (Å²) in [6, 6.07) is 13.6. The van der Waals surface area contributed by atoms with E-state index < -0.39 is 17.7 Å². The molecule has 0 unspecified atom stereocenters. The molecule has 0 saturated heterocycles. The van der Waals surface area contributed by atoms with Crippen molar-refractivity contribution in [1.29, 1.82) is 5.26 Å². The number of alkyl halides is 1. The molecule has 1 fully saturated rings. The van der Waals surface area contributed by atoms with E-state index in [1.54, 1.807) is 16.8 Å². The Bertz CT molecular complexity index is 1530. The van der Waals surface area contributed by atoms with E-state index in [9.17, 15) is 19.6 Å². The van der Waals surface area contributed by atoms with Gasteiger partial charge >= 0.3 is 0 Å². The molecular formula is C30H32FN7O2. The lowest BCUT2D eigenvalue weighted by Gasteiger charge is -2.30. The van der Waals surface area contributed by atoms with Gasteiger partial charge in [-0.3, -0.25) is 14.8 Å². The summed E-state index contributed by atoms with van der Waals surface area (Å²) in [5.74, 6) is -0.0309. The van der Waals surface area contributed by atoms with Crippen LogP contribution in [0.25, 0.3) is 16.9 Å². The maximum Gasteiger partial charge on any atom is 0.255 e. The summed E-state index contributed by atoms with van der Waals surface area (Å²) in [4.78, 5) is 22.0. The minimum atomic E-state index is -1.63. The summed E-state index contributed by atoms with van der Waals surface area (Å²) in [6.07, 6.45) is 8.87. The topological polar surface area (TPSA) is 128 Å². The average Bonchev–Trinajstić information content (AvgIpc) is 3.39. The highest BCUT2D eigenvalue weighted by Crippen LogP contribution is 2.35. The Morgan fingerprint density at radius 2 is 2.00 bits per heavy atom. The molecule has 0 aromatic carbocycles. The van der Waals surface area contributed by atoms with Gasteiger partial charge in [0.05, 0.1) is 52.1 Å². The van der Waals surface area contributed by atoms with Crippen LogP contribution in [0.3, 0.4) is 0 Å². The van der Waals surface area contributed by atoms with Gasteiger partial charge in [-0.1, -0.05) is 6.07 Å². The van der Waals surface area contributed by atoms with Crippen molar-refractivity contribution >= 4 is 17.1 Å². The van der Waals surface area contributed by atoms with Crippen LogP contribution < -0.4 is 10.6 Å². The first-order valence-electron chi connectivity index (χ1n) is 13.4. The van der Waals surface area contributed by atoms with Crippen LogP contribution in [0.15, 0.2) is 61.2 Å². The standard InChI is InChI=1S/C30H32FN7O2/c1-30(2,40)28(31)18-35-29(39)24-17-34-26(27-10-9-23-12-19(14-32)15-36-38(23)27)13-25(24)37-22-7-5-20(6-8-22)21-4-3-11-33-16-21/h3-4,9-13,15-17,20,22,28,40H,5-8,18H2,1-2H3,(H,34,37)(H,35,39)/t20-,22-,28-/m1/s1.